The molecule has 26 heavy (non-hydrogen) atoms. The largest absolute Gasteiger partial charge is 0.486 e. The molecule has 0 fully saturated rings. The average Bonchev–Trinajstić information content (AvgIpc) is 2.66. The van der Waals surface area contributed by atoms with Gasteiger partial charge in [-0.2, -0.15) is 0 Å². The van der Waals surface area contributed by atoms with E-state index in [1.165, 1.54) is 0 Å². The standard InChI is InChI=1S/C20H20O6/c1-13-4-3-5-17(14(13)2)25-12-20(22)26-11-16(21)15-6-7-18-19(10-15)24-9-8-23-18/h3-7,10H,8-9,11-12H2,1-2H3. The molecule has 0 amide bonds. The molecule has 0 atom stereocenters. The Hall–Kier alpha value is -3.02. The van der Waals surface area contributed by atoms with Gasteiger partial charge < -0.3 is 18.9 Å². The van der Waals surface area contributed by atoms with E-state index >= 15 is 0 Å². The number of hydrogen-bond acceptors (Lipinski definition) is 6. The minimum absolute atomic E-state index is 0.251. The summed E-state index contributed by atoms with van der Waals surface area (Å²) in [6.07, 6.45) is 0. The van der Waals surface area contributed by atoms with Crippen LogP contribution in [0.25, 0.3) is 0 Å². The Morgan fingerprint density at radius 2 is 1.77 bits per heavy atom. The molecule has 2 aromatic carbocycles. The van der Waals surface area contributed by atoms with Gasteiger partial charge in [0.15, 0.2) is 30.5 Å². The highest BCUT2D eigenvalue weighted by Crippen LogP contribution is 2.30. The van der Waals surface area contributed by atoms with Gasteiger partial charge in [-0.05, 0) is 49.2 Å². The number of rotatable bonds is 6. The molecule has 1 heterocycles. The molecule has 0 saturated heterocycles. The Morgan fingerprint density at radius 3 is 2.58 bits per heavy atom. The summed E-state index contributed by atoms with van der Waals surface area (Å²) < 4.78 is 21.3. The normalized spacial score (nSPS) is 12.4. The van der Waals surface area contributed by atoms with Gasteiger partial charge in [0.05, 0.1) is 0 Å². The van der Waals surface area contributed by atoms with Gasteiger partial charge >= 0.3 is 5.97 Å². The number of esters is 1. The molecule has 0 bridgehead atoms. The molecule has 6 heteroatoms. The van der Waals surface area contributed by atoms with E-state index in [0.29, 0.717) is 36.0 Å². The summed E-state index contributed by atoms with van der Waals surface area (Å²) in [5.74, 6) is 0.831. The zero-order chi connectivity index (χ0) is 18.5. The highest BCUT2D eigenvalue weighted by atomic mass is 16.6. The van der Waals surface area contributed by atoms with E-state index < -0.39 is 5.97 Å². The van der Waals surface area contributed by atoms with Crippen LogP contribution in [0.5, 0.6) is 17.2 Å². The first-order chi connectivity index (χ1) is 12.5. The average molecular weight is 356 g/mol. The number of hydrogen-bond donors (Lipinski definition) is 0. The van der Waals surface area contributed by atoms with E-state index in [0.717, 1.165) is 11.1 Å². The number of fused-ring (bicyclic) bond motifs is 1. The van der Waals surface area contributed by atoms with Crippen LogP contribution < -0.4 is 14.2 Å². The van der Waals surface area contributed by atoms with E-state index in [9.17, 15) is 9.59 Å². The first-order valence-electron chi connectivity index (χ1n) is 8.32. The summed E-state index contributed by atoms with van der Waals surface area (Å²) in [5.41, 5.74) is 2.44. The third kappa shape index (κ3) is 4.14. The number of benzene rings is 2. The maximum Gasteiger partial charge on any atom is 0.344 e. The summed E-state index contributed by atoms with van der Waals surface area (Å²) in [5, 5.41) is 0. The Bertz CT molecular complexity index is 827. The van der Waals surface area contributed by atoms with Gasteiger partial charge in [-0.3, -0.25) is 4.79 Å². The van der Waals surface area contributed by atoms with Crippen LogP contribution in [0, 0.1) is 13.8 Å². The lowest BCUT2D eigenvalue weighted by Crippen LogP contribution is -2.20. The quantitative estimate of drug-likeness (QED) is 0.585. The van der Waals surface area contributed by atoms with E-state index in [1.807, 2.05) is 26.0 Å². The molecule has 3 rings (SSSR count). The molecule has 0 saturated carbocycles. The molecular weight excluding hydrogens is 336 g/mol. The molecule has 2 aromatic rings. The second kappa shape index (κ2) is 7.91. The van der Waals surface area contributed by atoms with E-state index in [2.05, 4.69) is 0 Å². The van der Waals surface area contributed by atoms with Crippen LogP contribution in [-0.4, -0.2) is 38.2 Å². The lowest BCUT2D eigenvalue weighted by atomic mass is 10.1. The summed E-state index contributed by atoms with van der Waals surface area (Å²) in [7, 11) is 0. The Labute approximate surface area is 151 Å². The highest BCUT2D eigenvalue weighted by Gasteiger charge is 2.16. The lowest BCUT2D eigenvalue weighted by molar-refractivity contribution is -0.144. The van der Waals surface area contributed by atoms with Crippen LogP contribution in [0.4, 0.5) is 0 Å². The van der Waals surface area contributed by atoms with Crippen LogP contribution >= 0.6 is 0 Å². The first kappa shape index (κ1) is 17.8. The smallest absolute Gasteiger partial charge is 0.344 e. The van der Waals surface area contributed by atoms with Crippen molar-refractivity contribution < 1.29 is 28.5 Å². The second-order valence-corrected chi connectivity index (χ2v) is 5.93. The molecule has 6 nitrogen and oxygen atoms in total. The van der Waals surface area contributed by atoms with Crippen LogP contribution in [0.2, 0.25) is 0 Å². The second-order valence-electron chi connectivity index (χ2n) is 5.93. The minimum Gasteiger partial charge on any atom is -0.486 e. The van der Waals surface area contributed by atoms with Crippen LogP contribution in [0.15, 0.2) is 36.4 Å². The van der Waals surface area contributed by atoms with Crippen molar-refractivity contribution in [3.63, 3.8) is 0 Å². The molecular formula is C20H20O6. The molecule has 0 aliphatic carbocycles. The lowest BCUT2D eigenvalue weighted by Gasteiger charge is -2.18. The van der Waals surface area contributed by atoms with Gasteiger partial charge in [0.25, 0.3) is 0 Å². The molecule has 0 unspecified atom stereocenters. The van der Waals surface area contributed by atoms with Gasteiger partial charge in [-0.1, -0.05) is 12.1 Å². The Morgan fingerprint density at radius 1 is 1.00 bits per heavy atom. The number of ether oxygens (including phenoxy) is 4. The van der Waals surface area contributed by atoms with Gasteiger partial charge in [-0.25, -0.2) is 4.79 Å². The van der Waals surface area contributed by atoms with Crippen LogP contribution in [0.1, 0.15) is 21.5 Å². The molecule has 0 N–H and O–H groups in total. The Balaban J connectivity index is 1.51. The number of aryl methyl sites for hydroxylation is 1. The van der Waals surface area contributed by atoms with Crippen molar-refractivity contribution >= 4 is 11.8 Å². The van der Waals surface area contributed by atoms with Gasteiger partial charge in [-0.15, -0.1) is 0 Å². The van der Waals surface area contributed by atoms with Crippen molar-refractivity contribution in [3.8, 4) is 17.2 Å². The van der Waals surface area contributed by atoms with E-state index in [4.69, 9.17) is 18.9 Å². The van der Waals surface area contributed by atoms with Crippen molar-refractivity contribution in [3.05, 3.63) is 53.1 Å². The predicted octanol–water partition coefficient (Wildman–Crippen LogP) is 2.88. The topological polar surface area (TPSA) is 71.1 Å². The number of carbonyl (C=O) groups is 2. The zero-order valence-electron chi connectivity index (χ0n) is 14.7. The highest BCUT2D eigenvalue weighted by molar-refractivity contribution is 5.98. The van der Waals surface area contributed by atoms with Crippen LogP contribution in [-0.2, 0) is 9.53 Å². The molecule has 0 spiro atoms. The van der Waals surface area contributed by atoms with Gasteiger partial charge in [0.2, 0.25) is 0 Å². The van der Waals surface area contributed by atoms with Crippen molar-refractivity contribution in [2.24, 2.45) is 0 Å². The number of carbonyl (C=O) groups excluding carboxylic acids is 2. The molecule has 1 aliphatic heterocycles. The zero-order valence-corrected chi connectivity index (χ0v) is 14.7. The fourth-order valence-corrected chi connectivity index (χ4v) is 2.51. The molecule has 1 aliphatic rings. The van der Waals surface area contributed by atoms with E-state index in [-0.39, 0.29) is 19.0 Å². The summed E-state index contributed by atoms with van der Waals surface area (Å²) in [6.45, 7) is 4.20. The maximum absolute atomic E-state index is 12.2. The van der Waals surface area contributed by atoms with Crippen molar-refractivity contribution in [1.82, 2.24) is 0 Å². The maximum atomic E-state index is 12.2. The van der Waals surface area contributed by atoms with Gasteiger partial charge in [0.1, 0.15) is 19.0 Å². The van der Waals surface area contributed by atoms with Crippen molar-refractivity contribution in [2.45, 2.75) is 13.8 Å². The molecule has 136 valence electrons. The third-order valence-electron chi connectivity index (χ3n) is 4.13. The molecule has 0 radical (unpaired) electrons. The minimum atomic E-state index is -0.600. The van der Waals surface area contributed by atoms with Crippen molar-refractivity contribution in [2.75, 3.05) is 26.4 Å². The van der Waals surface area contributed by atoms with Gasteiger partial charge in [0, 0.05) is 5.56 Å². The first-order valence-corrected chi connectivity index (χ1v) is 8.32. The van der Waals surface area contributed by atoms with Crippen molar-refractivity contribution in [1.29, 1.82) is 0 Å². The third-order valence-corrected chi connectivity index (χ3v) is 4.13. The monoisotopic (exact) mass is 356 g/mol. The summed E-state index contributed by atoms with van der Waals surface area (Å²) in [6, 6.07) is 10.5. The fourth-order valence-electron chi connectivity index (χ4n) is 2.51. The van der Waals surface area contributed by atoms with E-state index in [1.54, 1.807) is 24.3 Å². The fraction of sp³-hybridized carbons (Fsp3) is 0.300. The summed E-state index contributed by atoms with van der Waals surface area (Å²) >= 11 is 0. The van der Waals surface area contributed by atoms with Crippen LogP contribution in [0.3, 0.4) is 0 Å². The summed E-state index contributed by atoms with van der Waals surface area (Å²) in [4.78, 5) is 24.0. The Kier molecular flexibility index (Phi) is 5.41. The predicted molar refractivity (Wildman–Crippen MR) is 94.1 cm³/mol. The SMILES string of the molecule is Cc1cccc(OCC(=O)OCC(=O)c2ccc3c(c2)OCCO3)c1C. The number of Topliss-reactive ketones (excluding diaryl/α,β-unsaturated/α-hetero) is 1. The molecule has 0 aromatic heterocycles. The number of ketones is 1.